The van der Waals surface area contributed by atoms with Crippen LogP contribution in [-0.2, 0) is 14.8 Å². The summed E-state index contributed by atoms with van der Waals surface area (Å²) < 4.78 is 38.7. The van der Waals surface area contributed by atoms with Crippen LogP contribution < -0.4 is 19.5 Å². The number of amides is 1. The van der Waals surface area contributed by atoms with Crippen molar-refractivity contribution in [2.24, 2.45) is 5.73 Å². The lowest BCUT2D eigenvalue weighted by Gasteiger charge is -2.28. The number of methoxy groups -OCH3 is 2. The standard InChI is InChI=1S/C24H25ClN2O6S/c1-15-6-4-5-7-18(15)24(29)19-12-16(25)8-10-20(19)27(14-23(26)28)34(30,31)17-9-11-21(32-2)22(13-17)33-3/h4-13,24,29H,14H2,1-3H3,(H2,26,28). The maximum Gasteiger partial charge on any atom is 0.264 e. The summed E-state index contributed by atoms with van der Waals surface area (Å²) in [4.78, 5) is 11.8. The van der Waals surface area contributed by atoms with Crippen LogP contribution in [0.4, 0.5) is 5.69 Å². The van der Waals surface area contributed by atoms with Gasteiger partial charge in [0.1, 0.15) is 12.6 Å². The number of rotatable bonds is 9. The van der Waals surface area contributed by atoms with Gasteiger partial charge in [0.05, 0.1) is 24.8 Å². The number of aryl methyl sites for hydroxylation is 1. The first kappa shape index (κ1) is 25.4. The summed E-state index contributed by atoms with van der Waals surface area (Å²) in [5, 5.41) is 11.5. The first-order chi connectivity index (χ1) is 16.1. The van der Waals surface area contributed by atoms with Gasteiger partial charge >= 0.3 is 0 Å². The second-order valence-corrected chi connectivity index (χ2v) is 9.76. The van der Waals surface area contributed by atoms with Crippen LogP contribution in [-0.4, -0.2) is 40.2 Å². The van der Waals surface area contributed by atoms with E-state index in [1.165, 1.54) is 50.6 Å². The maximum atomic E-state index is 13.7. The molecule has 3 aromatic rings. The highest BCUT2D eigenvalue weighted by atomic mass is 35.5. The van der Waals surface area contributed by atoms with Gasteiger partial charge in [-0.2, -0.15) is 0 Å². The van der Waals surface area contributed by atoms with Crippen molar-refractivity contribution in [1.82, 2.24) is 0 Å². The highest BCUT2D eigenvalue weighted by Crippen LogP contribution is 2.38. The SMILES string of the molecule is COc1ccc(S(=O)(=O)N(CC(N)=O)c2ccc(Cl)cc2C(O)c2ccccc2C)cc1OC. The third kappa shape index (κ3) is 5.11. The van der Waals surface area contributed by atoms with E-state index in [2.05, 4.69) is 0 Å². The number of benzene rings is 3. The molecule has 0 saturated heterocycles. The lowest BCUT2D eigenvalue weighted by atomic mass is 9.96. The van der Waals surface area contributed by atoms with Crippen molar-refractivity contribution < 1.29 is 27.8 Å². The molecule has 10 heteroatoms. The Morgan fingerprint density at radius 2 is 1.71 bits per heavy atom. The van der Waals surface area contributed by atoms with E-state index in [0.717, 1.165) is 9.87 Å². The van der Waals surface area contributed by atoms with E-state index in [0.29, 0.717) is 11.3 Å². The average molecular weight is 505 g/mol. The Bertz CT molecular complexity index is 1310. The lowest BCUT2D eigenvalue weighted by Crippen LogP contribution is -2.39. The number of halogens is 1. The number of anilines is 1. The van der Waals surface area contributed by atoms with Gasteiger partial charge in [-0.15, -0.1) is 0 Å². The van der Waals surface area contributed by atoms with Crippen LogP contribution in [0.5, 0.6) is 11.5 Å². The van der Waals surface area contributed by atoms with Crippen LogP contribution in [0, 0.1) is 6.92 Å². The smallest absolute Gasteiger partial charge is 0.264 e. The van der Waals surface area contributed by atoms with E-state index in [-0.39, 0.29) is 26.9 Å². The predicted octanol–water partition coefficient (Wildman–Crippen LogP) is 3.43. The number of nitrogens with two attached hydrogens (primary N) is 1. The molecule has 0 aromatic heterocycles. The summed E-state index contributed by atoms with van der Waals surface area (Å²) in [5.41, 5.74) is 7.04. The van der Waals surface area contributed by atoms with E-state index in [9.17, 15) is 18.3 Å². The van der Waals surface area contributed by atoms with Crippen molar-refractivity contribution in [1.29, 1.82) is 0 Å². The van der Waals surface area contributed by atoms with Gasteiger partial charge in [0, 0.05) is 16.7 Å². The zero-order valence-corrected chi connectivity index (χ0v) is 20.4. The molecule has 0 aliphatic heterocycles. The average Bonchev–Trinajstić information content (AvgIpc) is 2.81. The van der Waals surface area contributed by atoms with Gasteiger partial charge in [-0.25, -0.2) is 8.42 Å². The molecule has 0 aliphatic carbocycles. The van der Waals surface area contributed by atoms with Crippen LogP contribution in [0.1, 0.15) is 22.8 Å². The molecule has 0 aliphatic rings. The fourth-order valence-corrected chi connectivity index (χ4v) is 5.23. The predicted molar refractivity (Wildman–Crippen MR) is 130 cm³/mol. The second kappa shape index (κ2) is 10.3. The number of nitrogens with zero attached hydrogens (tertiary/aromatic N) is 1. The van der Waals surface area contributed by atoms with Crippen molar-refractivity contribution in [3.05, 3.63) is 82.4 Å². The van der Waals surface area contributed by atoms with Crippen molar-refractivity contribution in [2.45, 2.75) is 17.9 Å². The molecule has 1 unspecified atom stereocenters. The van der Waals surface area contributed by atoms with E-state index >= 15 is 0 Å². The highest BCUT2D eigenvalue weighted by Gasteiger charge is 2.31. The molecule has 34 heavy (non-hydrogen) atoms. The van der Waals surface area contributed by atoms with E-state index in [4.69, 9.17) is 26.8 Å². The first-order valence-corrected chi connectivity index (χ1v) is 12.0. The molecule has 0 fully saturated rings. The minimum atomic E-state index is -4.33. The third-order valence-electron chi connectivity index (χ3n) is 5.28. The summed E-state index contributed by atoms with van der Waals surface area (Å²) in [6.07, 6.45) is -1.22. The molecule has 0 bridgehead atoms. The van der Waals surface area contributed by atoms with E-state index < -0.39 is 28.6 Å². The van der Waals surface area contributed by atoms with Crippen LogP contribution in [0.25, 0.3) is 0 Å². The molecule has 1 atom stereocenters. The number of carbonyl (C=O) groups excluding carboxylic acids is 1. The Labute approximate surface area is 203 Å². The zero-order chi connectivity index (χ0) is 25.0. The largest absolute Gasteiger partial charge is 0.493 e. The highest BCUT2D eigenvalue weighted by molar-refractivity contribution is 7.92. The Kier molecular flexibility index (Phi) is 7.71. The van der Waals surface area contributed by atoms with Gasteiger partial charge in [0.25, 0.3) is 10.0 Å². The number of hydrogen-bond acceptors (Lipinski definition) is 6. The number of aliphatic hydroxyl groups is 1. The van der Waals surface area contributed by atoms with Crippen molar-refractivity contribution in [2.75, 3.05) is 25.1 Å². The molecular weight excluding hydrogens is 480 g/mol. The van der Waals surface area contributed by atoms with Crippen LogP contribution in [0.2, 0.25) is 5.02 Å². The second-order valence-electron chi connectivity index (χ2n) is 7.46. The quantitative estimate of drug-likeness (QED) is 0.461. The number of hydrogen-bond donors (Lipinski definition) is 2. The Morgan fingerprint density at radius 3 is 2.32 bits per heavy atom. The zero-order valence-electron chi connectivity index (χ0n) is 18.9. The number of aliphatic hydroxyl groups excluding tert-OH is 1. The summed E-state index contributed by atoms with van der Waals surface area (Å²) >= 11 is 6.20. The monoisotopic (exact) mass is 504 g/mol. The molecule has 0 spiro atoms. The molecule has 3 aromatic carbocycles. The Hall–Kier alpha value is -3.27. The number of primary amides is 1. The minimum Gasteiger partial charge on any atom is -0.493 e. The van der Waals surface area contributed by atoms with Gasteiger partial charge < -0.3 is 20.3 Å². The molecule has 0 saturated carbocycles. The molecule has 1 amide bonds. The Balaban J connectivity index is 2.21. The van der Waals surface area contributed by atoms with Crippen molar-refractivity contribution in [3.63, 3.8) is 0 Å². The van der Waals surface area contributed by atoms with Crippen LogP contribution in [0.15, 0.2) is 65.6 Å². The summed E-state index contributed by atoms with van der Waals surface area (Å²) in [6.45, 7) is 1.16. The normalized spacial score (nSPS) is 12.1. The molecule has 3 N–H and O–H groups in total. The van der Waals surface area contributed by atoms with Gasteiger partial charge in [-0.3, -0.25) is 9.10 Å². The van der Waals surface area contributed by atoms with E-state index in [1.807, 2.05) is 19.1 Å². The molecular formula is C24H25ClN2O6S. The number of ether oxygens (including phenoxy) is 2. The molecule has 8 nitrogen and oxygen atoms in total. The summed E-state index contributed by atoms with van der Waals surface area (Å²) in [5.74, 6) is -0.348. The number of carbonyl (C=O) groups is 1. The topological polar surface area (TPSA) is 119 Å². The maximum absolute atomic E-state index is 13.7. The van der Waals surface area contributed by atoms with Gasteiger partial charge in [0.2, 0.25) is 5.91 Å². The van der Waals surface area contributed by atoms with Gasteiger partial charge in [-0.1, -0.05) is 35.9 Å². The lowest BCUT2D eigenvalue weighted by molar-refractivity contribution is -0.116. The van der Waals surface area contributed by atoms with Crippen molar-refractivity contribution in [3.8, 4) is 11.5 Å². The molecule has 3 rings (SSSR count). The van der Waals surface area contributed by atoms with Gasteiger partial charge in [0.15, 0.2) is 11.5 Å². The Morgan fingerprint density at radius 1 is 1.03 bits per heavy atom. The third-order valence-corrected chi connectivity index (χ3v) is 7.27. The number of sulfonamides is 1. The molecule has 0 radical (unpaired) electrons. The fourth-order valence-electron chi connectivity index (χ4n) is 3.58. The first-order valence-electron chi connectivity index (χ1n) is 10.2. The minimum absolute atomic E-state index is 0.0636. The molecule has 0 heterocycles. The fraction of sp³-hybridized carbons (Fsp3) is 0.208. The summed E-state index contributed by atoms with van der Waals surface area (Å²) in [7, 11) is -1.52. The van der Waals surface area contributed by atoms with Crippen molar-refractivity contribution >= 4 is 33.2 Å². The summed E-state index contributed by atoms with van der Waals surface area (Å²) in [6, 6.07) is 15.6. The van der Waals surface area contributed by atoms with Crippen LogP contribution in [0.3, 0.4) is 0 Å². The van der Waals surface area contributed by atoms with Crippen LogP contribution >= 0.6 is 11.6 Å². The van der Waals surface area contributed by atoms with Gasteiger partial charge in [-0.05, 0) is 48.4 Å². The molecule has 180 valence electrons. The van der Waals surface area contributed by atoms with E-state index in [1.54, 1.807) is 12.1 Å².